The third kappa shape index (κ3) is 4.28. The summed E-state index contributed by atoms with van der Waals surface area (Å²) in [6.07, 6.45) is 3.47. The number of rotatable bonds is 6. The van der Waals surface area contributed by atoms with Gasteiger partial charge in [-0.2, -0.15) is 0 Å². The smallest absolute Gasteiger partial charge is 0.269 e. The summed E-state index contributed by atoms with van der Waals surface area (Å²) in [6.45, 7) is 3.62. The number of nitro groups is 1. The quantitative estimate of drug-likeness (QED) is 0.645. The highest BCUT2D eigenvalue weighted by Gasteiger charge is 2.33. The summed E-state index contributed by atoms with van der Waals surface area (Å²) < 4.78 is 0. The summed E-state index contributed by atoms with van der Waals surface area (Å²) in [5.41, 5.74) is 0.836. The lowest BCUT2D eigenvalue weighted by atomic mass is 9.77. The van der Waals surface area contributed by atoms with E-state index in [1.165, 1.54) is 12.1 Å². The number of nitrogens with zero attached hydrogens (tertiary/aromatic N) is 2. The molecule has 6 heteroatoms. The van der Waals surface area contributed by atoms with Crippen molar-refractivity contribution < 1.29 is 14.8 Å². The molecule has 1 aliphatic rings. The topological polar surface area (TPSA) is 83.7 Å². The summed E-state index contributed by atoms with van der Waals surface area (Å²) in [5, 5.41) is 20.3. The van der Waals surface area contributed by atoms with Crippen molar-refractivity contribution in [1.82, 2.24) is 4.90 Å². The van der Waals surface area contributed by atoms with E-state index in [0.717, 1.165) is 24.8 Å². The second kappa shape index (κ2) is 7.55. The third-order valence-electron chi connectivity index (χ3n) is 5.01. The summed E-state index contributed by atoms with van der Waals surface area (Å²) in [7, 11) is 0. The largest absolute Gasteiger partial charge is 0.396 e. The molecule has 0 unspecified atom stereocenters. The number of amides is 1. The van der Waals surface area contributed by atoms with E-state index in [9.17, 15) is 20.0 Å². The van der Waals surface area contributed by atoms with E-state index >= 15 is 0 Å². The molecule has 0 spiro atoms. The zero-order valence-corrected chi connectivity index (χ0v) is 13.5. The Bertz CT molecular complexity index is 559. The number of hydrogen-bond donors (Lipinski definition) is 1. The lowest BCUT2D eigenvalue weighted by Gasteiger charge is -2.40. The van der Waals surface area contributed by atoms with Gasteiger partial charge < -0.3 is 10.0 Å². The van der Waals surface area contributed by atoms with Crippen molar-refractivity contribution in [1.29, 1.82) is 0 Å². The van der Waals surface area contributed by atoms with E-state index in [-0.39, 0.29) is 23.6 Å². The van der Waals surface area contributed by atoms with Gasteiger partial charge in [0.2, 0.25) is 5.91 Å². The number of non-ortho nitro benzene ring substituents is 1. The number of carbonyl (C=O) groups is 1. The van der Waals surface area contributed by atoms with Crippen molar-refractivity contribution in [2.45, 2.75) is 39.0 Å². The molecule has 0 aromatic heterocycles. The molecule has 2 rings (SSSR count). The Hall–Kier alpha value is -1.95. The summed E-state index contributed by atoms with van der Waals surface area (Å²) in [4.78, 5) is 24.5. The Morgan fingerprint density at radius 2 is 2.09 bits per heavy atom. The predicted octanol–water partition coefficient (Wildman–Crippen LogP) is 2.54. The molecule has 1 aromatic carbocycles. The zero-order chi connectivity index (χ0) is 16.9. The summed E-state index contributed by atoms with van der Waals surface area (Å²) in [6, 6.07) is 6.44. The fourth-order valence-corrected chi connectivity index (χ4v) is 3.09. The lowest BCUT2D eigenvalue weighted by Crippen LogP contribution is -2.44. The van der Waals surface area contributed by atoms with Gasteiger partial charge in [0, 0.05) is 38.2 Å². The molecule has 126 valence electrons. The Balaban J connectivity index is 1.86. The second-order valence-electron chi connectivity index (χ2n) is 6.32. The molecule has 23 heavy (non-hydrogen) atoms. The number of aliphatic hydroxyl groups is 1. The predicted molar refractivity (Wildman–Crippen MR) is 87.0 cm³/mol. The van der Waals surface area contributed by atoms with Crippen LogP contribution in [0.25, 0.3) is 0 Å². The van der Waals surface area contributed by atoms with Crippen LogP contribution in [0.2, 0.25) is 0 Å². The third-order valence-corrected chi connectivity index (χ3v) is 5.01. The molecule has 1 aliphatic heterocycles. The highest BCUT2D eigenvalue weighted by Crippen LogP contribution is 2.34. The van der Waals surface area contributed by atoms with Crippen molar-refractivity contribution >= 4 is 11.6 Å². The van der Waals surface area contributed by atoms with Crippen molar-refractivity contribution in [3.63, 3.8) is 0 Å². The van der Waals surface area contributed by atoms with Gasteiger partial charge in [-0.15, -0.1) is 0 Å². The molecule has 0 saturated carbocycles. The van der Waals surface area contributed by atoms with Crippen molar-refractivity contribution in [2.24, 2.45) is 5.41 Å². The first-order chi connectivity index (χ1) is 11.0. The molecular formula is C17H24N2O4. The first kappa shape index (κ1) is 17.4. The van der Waals surface area contributed by atoms with Crippen LogP contribution in [0.4, 0.5) is 5.69 Å². The van der Waals surface area contributed by atoms with Gasteiger partial charge in [0.1, 0.15) is 0 Å². The SMILES string of the molecule is CCC1(CO)CCN(C(=O)CCc2cccc([N+](=O)[O-])c2)CC1. The minimum atomic E-state index is -0.421. The van der Waals surface area contributed by atoms with E-state index in [1.807, 2.05) is 11.0 Å². The lowest BCUT2D eigenvalue weighted by molar-refractivity contribution is -0.384. The van der Waals surface area contributed by atoms with Crippen LogP contribution in [-0.2, 0) is 11.2 Å². The van der Waals surface area contributed by atoms with Gasteiger partial charge in [-0.25, -0.2) is 0 Å². The number of carbonyl (C=O) groups excluding carboxylic acids is 1. The molecule has 0 aliphatic carbocycles. The van der Waals surface area contributed by atoms with Crippen molar-refractivity contribution in [3.8, 4) is 0 Å². The maximum Gasteiger partial charge on any atom is 0.269 e. The molecule has 6 nitrogen and oxygen atoms in total. The van der Waals surface area contributed by atoms with Crippen LogP contribution in [0.1, 0.15) is 38.2 Å². The molecule has 1 aromatic rings. The molecule has 1 saturated heterocycles. The van der Waals surface area contributed by atoms with Crippen LogP contribution in [0, 0.1) is 15.5 Å². The van der Waals surface area contributed by atoms with Gasteiger partial charge in [0.05, 0.1) is 4.92 Å². The fourth-order valence-electron chi connectivity index (χ4n) is 3.09. The van der Waals surface area contributed by atoms with Gasteiger partial charge in [0.25, 0.3) is 5.69 Å². The van der Waals surface area contributed by atoms with Gasteiger partial charge in [-0.1, -0.05) is 19.1 Å². The highest BCUT2D eigenvalue weighted by atomic mass is 16.6. The zero-order valence-electron chi connectivity index (χ0n) is 13.5. The molecular weight excluding hydrogens is 296 g/mol. The Morgan fingerprint density at radius 3 is 2.65 bits per heavy atom. The van der Waals surface area contributed by atoms with Crippen LogP contribution in [0.3, 0.4) is 0 Å². The monoisotopic (exact) mass is 320 g/mol. The Labute approximate surface area is 136 Å². The number of aryl methyl sites for hydroxylation is 1. The number of nitro benzene ring substituents is 1. The van der Waals surface area contributed by atoms with Crippen molar-refractivity contribution in [2.75, 3.05) is 19.7 Å². The van der Waals surface area contributed by atoms with E-state index in [2.05, 4.69) is 6.92 Å². The van der Waals surface area contributed by atoms with Gasteiger partial charge >= 0.3 is 0 Å². The van der Waals surface area contributed by atoms with E-state index in [4.69, 9.17) is 0 Å². The average molecular weight is 320 g/mol. The van der Waals surface area contributed by atoms with Crippen LogP contribution in [0.15, 0.2) is 24.3 Å². The maximum absolute atomic E-state index is 12.3. The van der Waals surface area contributed by atoms with Gasteiger partial charge in [0.15, 0.2) is 0 Å². The minimum Gasteiger partial charge on any atom is -0.396 e. The average Bonchev–Trinajstić information content (AvgIpc) is 2.60. The number of benzene rings is 1. The molecule has 0 atom stereocenters. The van der Waals surface area contributed by atoms with Gasteiger partial charge in [-0.3, -0.25) is 14.9 Å². The highest BCUT2D eigenvalue weighted by molar-refractivity contribution is 5.76. The van der Waals surface area contributed by atoms with E-state index in [0.29, 0.717) is 25.9 Å². The molecule has 1 heterocycles. The van der Waals surface area contributed by atoms with Gasteiger partial charge in [-0.05, 0) is 36.7 Å². The maximum atomic E-state index is 12.3. The molecule has 1 N–H and O–H groups in total. The Kier molecular flexibility index (Phi) is 5.71. The van der Waals surface area contributed by atoms with E-state index < -0.39 is 4.92 Å². The first-order valence-electron chi connectivity index (χ1n) is 8.11. The molecule has 1 fully saturated rings. The van der Waals surface area contributed by atoms with Crippen LogP contribution in [-0.4, -0.2) is 40.5 Å². The first-order valence-corrected chi connectivity index (χ1v) is 8.11. The Morgan fingerprint density at radius 1 is 1.39 bits per heavy atom. The number of likely N-dealkylation sites (tertiary alicyclic amines) is 1. The van der Waals surface area contributed by atoms with Crippen LogP contribution < -0.4 is 0 Å². The molecule has 0 radical (unpaired) electrons. The van der Waals surface area contributed by atoms with Crippen LogP contribution in [0.5, 0.6) is 0 Å². The number of piperidine rings is 1. The normalized spacial score (nSPS) is 17.0. The summed E-state index contributed by atoms with van der Waals surface area (Å²) in [5.74, 6) is 0.0825. The summed E-state index contributed by atoms with van der Waals surface area (Å²) >= 11 is 0. The van der Waals surface area contributed by atoms with E-state index in [1.54, 1.807) is 6.07 Å². The number of aliphatic hydroxyl groups excluding tert-OH is 1. The second-order valence-corrected chi connectivity index (χ2v) is 6.32. The standard InChI is InChI=1S/C17H24N2O4/c1-2-17(13-20)8-10-18(11-9-17)16(21)7-6-14-4-3-5-15(12-14)19(22)23/h3-5,12,20H,2,6-11,13H2,1H3. The fraction of sp³-hybridized carbons (Fsp3) is 0.588. The van der Waals surface area contributed by atoms with Crippen LogP contribution >= 0.6 is 0 Å². The van der Waals surface area contributed by atoms with Crippen molar-refractivity contribution in [3.05, 3.63) is 39.9 Å². The number of hydrogen-bond acceptors (Lipinski definition) is 4. The molecule has 1 amide bonds. The minimum absolute atomic E-state index is 0.0309. The molecule has 0 bridgehead atoms.